The molecule has 0 saturated carbocycles. The van der Waals surface area contributed by atoms with Gasteiger partial charge in [0.1, 0.15) is 10.6 Å². The lowest BCUT2D eigenvalue weighted by molar-refractivity contribution is -0.111. The number of anilines is 1. The molecule has 0 bridgehead atoms. The van der Waals surface area contributed by atoms with Crippen molar-refractivity contribution in [3.63, 3.8) is 0 Å². The van der Waals surface area contributed by atoms with E-state index in [0.29, 0.717) is 20.6 Å². The average Bonchev–Trinajstić information content (AvgIpc) is 3.05. The minimum atomic E-state index is -0.468. The fourth-order valence-corrected chi connectivity index (χ4v) is 4.30. The molecule has 0 unspecified atom stereocenters. The lowest BCUT2D eigenvalue weighted by atomic mass is 10.0. The summed E-state index contributed by atoms with van der Waals surface area (Å²) >= 11 is 13.3. The molecule has 7 heteroatoms. The summed E-state index contributed by atoms with van der Waals surface area (Å²) in [4.78, 5) is 26.1. The Morgan fingerprint density at radius 3 is 2.50 bits per heavy atom. The van der Waals surface area contributed by atoms with Gasteiger partial charge in [0, 0.05) is 16.5 Å². The zero-order valence-electron chi connectivity index (χ0n) is 16.4. The minimum Gasteiger partial charge on any atom is -0.462 e. The van der Waals surface area contributed by atoms with Crippen LogP contribution in [0, 0.1) is 6.92 Å². The van der Waals surface area contributed by atoms with Gasteiger partial charge in [-0.3, -0.25) is 4.79 Å². The van der Waals surface area contributed by atoms with Crippen molar-refractivity contribution >= 4 is 57.5 Å². The molecule has 1 N–H and O–H groups in total. The van der Waals surface area contributed by atoms with E-state index in [1.54, 1.807) is 31.2 Å². The second kappa shape index (κ2) is 9.94. The second-order valence-electron chi connectivity index (χ2n) is 6.32. The van der Waals surface area contributed by atoms with Crippen LogP contribution in [0.1, 0.15) is 27.7 Å². The fraction of sp³-hybridized carbons (Fsp3) is 0.130. The molecule has 4 nitrogen and oxygen atoms in total. The number of ether oxygens (including phenoxy) is 1. The molecule has 1 amide bonds. The van der Waals surface area contributed by atoms with E-state index in [4.69, 9.17) is 27.9 Å². The van der Waals surface area contributed by atoms with E-state index >= 15 is 0 Å². The summed E-state index contributed by atoms with van der Waals surface area (Å²) in [7, 11) is 0. The third-order valence-corrected chi connectivity index (χ3v) is 5.99. The first kappa shape index (κ1) is 22.1. The minimum absolute atomic E-state index is 0.243. The lowest BCUT2D eigenvalue weighted by Crippen LogP contribution is -2.12. The molecule has 0 fully saturated rings. The summed E-state index contributed by atoms with van der Waals surface area (Å²) < 4.78 is 5.25. The number of carbonyl (C=O) groups is 2. The molecule has 0 aliphatic heterocycles. The smallest absolute Gasteiger partial charge is 0.341 e. The number of nitrogens with one attached hydrogen (secondary N) is 1. The van der Waals surface area contributed by atoms with Gasteiger partial charge in [-0.1, -0.05) is 59.6 Å². The first-order valence-corrected chi connectivity index (χ1v) is 10.8. The van der Waals surface area contributed by atoms with E-state index in [1.807, 2.05) is 37.3 Å². The number of aryl methyl sites for hydroxylation is 1. The molecule has 0 radical (unpaired) electrons. The van der Waals surface area contributed by atoms with Crippen LogP contribution in [0.15, 0.2) is 54.6 Å². The van der Waals surface area contributed by atoms with Gasteiger partial charge in [0.15, 0.2) is 0 Å². The van der Waals surface area contributed by atoms with Crippen molar-refractivity contribution in [1.29, 1.82) is 0 Å². The molecule has 0 atom stereocenters. The SMILES string of the molecule is CCOC(=O)c1c(NC(=O)/C=C/c2ccc(Cl)c(Cl)c2)sc(C)c1-c1ccccc1. The van der Waals surface area contributed by atoms with E-state index in [9.17, 15) is 9.59 Å². The number of thiophene rings is 1. The maximum Gasteiger partial charge on any atom is 0.341 e. The summed E-state index contributed by atoms with van der Waals surface area (Å²) in [6, 6.07) is 14.6. The third kappa shape index (κ3) is 5.11. The third-order valence-electron chi connectivity index (χ3n) is 4.23. The lowest BCUT2D eigenvalue weighted by Gasteiger charge is -2.08. The molecule has 2 aromatic carbocycles. The molecule has 0 spiro atoms. The van der Waals surface area contributed by atoms with Crippen LogP contribution in [0.3, 0.4) is 0 Å². The fourth-order valence-electron chi connectivity index (χ4n) is 2.92. The molecule has 0 aliphatic carbocycles. The van der Waals surface area contributed by atoms with Crippen LogP contribution in [0.5, 0.6) is 0 Å². The Bertz CT molecular complexity index is 1110. The summed E-state index contributed by atoms with van der Waals surface area (Å²) in [6.07, 6.45) is 3.01. The van der Waals surface area contributed by atoms with Gasteiger partial charge in [-0.25, -0.2) is 4.79 Å². The van der Waals surface area contributed by atoms with E-state index in [2.05, 4.69) is 5.32 Å². The van der Waals surface area contributed by atoms with Gasteiger partial charge in [0.2, 0.25) is 5.91 Å². The Morgan fingerprint density at radius 1 is 1.10 bits per heavy atom. The van der Waals surface area contributed by atoms with Crippen molar-refractivity contribution in [3.05, 3.63) is 80.7 Å². The number of amides is 1. The number of rotatable bonds is 6. The monoisotopic (exact) mass is 459 g/mol. The van der Waals surface area contributed by atoms with Gasteiger partial charge in [0.05, 0.1) is 16.7 Å². The quantitative estimate of drug-likeness (QED) is 0.323. The molecule has 0 saturated heterocycles. The zero-order chi connectivity index (χ0) is 21.7. The van der Waals surface area contributed by atoms with Crippen molar-refractivity contribution in [1.82, 2.24) is 0 Å². The van der Waals surface area contributed by atoms with Crippen LogP contribution >= 0.6 is 34.5 Å². The van der Waals surface area contributed by atoms with Gasteiger partial charge in [-0.2, -0.15) is 0 Å². The van der Waals surface area contributed by atoms with Gasteiger partial charge in [0.25, 0.3) is 0 Å². The van der Waals surface area contributed by atoms with Crippen LogP contribution in [0.2, 0.25) is 10.0 Å². The number of halogens is 2. The Labute approximate surface area is 189 Å². The Balaban J connectivity index is 1.91. The van der Waals surface area contributed by atoms with Crippen LogP contribution in [0.4, 0.5) is 5.00 Å². The average molecular weight is 460 g/mol. The predicted molar refractivity (Wildman–Crippen MR) is 125 cm³/mol. The van der Waals surface area contributed by atoms with Crippen molar-refractivity contribution in [2.24, 2.45) is 0 Å². The van der Waals surface area contributed by atoms with E-state index in [0.717, 1.165) is 21.6 Å². The molecule has 3 aromatic rings. The van der Waals surface area contributed by atoms with Crippen LogP contribution in [-0.2, 0) is 9.53 Å². The zero-order valence-corrected chi connectivity index (χ0v) is 18.7. The number of hydrogen-bond acceptors (Lipinski definition) is 4. The molecular weight excluding hydrogens is 441 g/mol. The summed E-state index contributed by atoms with van der Waals surface area (Å²) in [5, 5.41) is 4.11. The van der Waals surface area contributed by atoms with Gasteiger partial charge < -0.3 is 10.1 Å². The van der Waals surface area contributed by atoms with Crippen molar-refractivity contribution < 1.29 is 14.3 Å². The largest absolute Gasteiger partial charge is 0.462 e. The molecular formula is C23H19Cl2NO3S. The highest BCUT2D eigenvalue weighted by molar-refractivity contribution is 7.17. The Hall–Kier alpha value is -2.60. The Kier molecular flexibility index (Phi) is 7.32. The van der Waals surface area contributed by atoms with Gasteiger partial charge in [-0.15, -0.1) is 11.3 Å². The van der Waals surface area contributed by atoms with Crippen molar-refractivity contribution in [3.8, 4) is 11.1 Å². The summed E-state index contributed by atoms with van der Waals surface area (Å²) in [6.45, 7) is 3.90. The standard InChI is InChI=1S/C23H19Cl2NO3S/c1-3-29-23(28)21-20(16-7-5-4-6-8-16)14(2)30-22(21)26-19(27)12-10-15-9-11-17(24)18(25)13-15/h4-13H,3H2,1-2H3,(H,26,27)/b12-10+. The second-order valence-corrected chi connectivity index (χ2v) is 8.36. The van der Waals surface area contributed by atoms with E-state index in [-0.39, 0.29) is 12.5 Å². The highest BCUT2D eigenvalue weighted by Crippen LogP contribution is 2.40. The van der Waals surface area contributed by atoms with Gasteiger partial charge in [-0.05, 0) is 43.2 Å². The summed E-state index contributed by atoms with van der Waals surface area (Å²) in [5.74, 6) is -0.836. The van der Waals surface area contributed by atoms with Crippen LogP contribution < -0.4 is 5.32 Å². The molecule has 3 rings (SSSR count). The first-order chi connectivity index (χ1) is 14.4. The highest BCUT2D eigenvalue weighted by Gasteiger charge is 2.25. The molecule has 1 heterocycles. The number of benzene rings is 2. The highest BCUT2D eigenvalue weighted by atomic mass is 35.5. The molecule has 154 valence electrons. The summed E-state index contributed by atoms with van der Waals surface area (Å²) in [5.41, 5.74) is 2.75. The van der Waals surface area contributed by atoms with Crippen molar-refractivity contribution in [2.75, 3.05) is 11.9 Å². The molecule has 0 aliphatic rings. The number of carbonyl (C=O) groups excluding carboxylic acids is 2. The number of esters is 1. The normalized spacial score (nSPS) is 10.9. The van der Waals surface area contributed by atoms with E-state index in [1.165, 1.54) is 17.4 Å². The van der Waals surface area contributed by atoms with Crippen molar-refractivity contribution in [2.45, 2.75) is 13.8 Å². The maximum atomic E-state index is 12.7. The molecule has 30 heavy (non-hydrogen) atoms. The van der Waals surface area contributed by atoms with E-state index < -0.39 is 5.97 Å². The topological polar surface area (TPSA) is 55.4 Å². The van der Waals surface area contributed by atoms with Gasteiger partial charge >= 0.3 is 5.97 Å². The first-order valence-electron chi connectivity index (χ1n) is 9.20. The maximum absolute atomic E-state index is 12.7. The predicted octanol–water partition coefficient (Wildman–Crippen LogP) is 6.86. The van der Waals surface area contributed by atoms with Crippen LogP contribution in [0.25, 0.3) is 17.2 Å². The number of hydrogen-bond donors (Lipinski definition) is 1. The Morgan fingerprint density at radius 2 is 1.83 bits per heavy atom. The molecule has 1 aromatic heterocycles. The van der Waals surface area contributed by atoms with Crippen LogP contribution in [-0.4, -0.2) is 18.5 Å².